The third kappa shape index (κ3) is 2.68. The van der Waals surface area contributed by atoms with Gasteiger partial charge in [0, 0.05) is 32.7 Å². The Morgan fingerprint density at radius 3 is 2.80 bits per heavy atom. The fourth-order valence-electron chi connectivity index (χ4n) is 3.37. The van der Waals surface area contributed by atoms with Crippen LogP contribution < -0.4 is 5.32 Å². The van der Waals surface area contributed by atoms with Crippen molar-refractivity contribution in [2.45, 2.75) is 44.6 Å². The lowest BCUT2D eigenvalue weighted by Gasteiger charge is -2.32. The molecule has 1 saturated carbocycles. The largest absolute Gasteiger partial charge is 0.381 e. The maximum absolute atomic E-state index is 12.8. The lowest BCUT2D eigenvalue weighted by molar-refractivity contribution is -0.139. The smallest absolute Gasteiger partial charge is 0.248 e. The van der Waals surface area contributed by atoms with Gasteiger partial charge in [0.25, 0.3) is 0 Å². The number of nitrogens with zero attached hydrogens (tertiary/aromatic N) is 1. The number of amides is 2. The summed E-state index contributed by atoms with van der Waals surface area (Å²) in [5.41, 5.74) is -0.667. The second-order valence-electron chi connectivity index (χ2n) is 6.59. The van der Waals surface area contributed by atoms with Crippen molar-refractivity contribution < 1.29 is 14.3 Å². The maximum Gasteiger partial charge on any atom is 0.248 e. The van der Waals surface area contributed by atoms with Gasteiger partial charge in [0.2, 0.25) is 11.8 Å². The number of rotatable bonds is 4. The lowest BCUT2D eigenvalue weighted by atomic mass is 9.93. The number of nitrogens with one attached hydrogen (secondary N) is 1. The molecule has 112 valence electrons. The van der Waals surface area contributed by atoms with Crippen LogP contribution in [0.25, 0.3) is 0 Å². The van der Waals surface area contributed by atoms with Crippen molar-refractivity contribution >= 4 is 11.8 Å². The summed E-state index contributed by atoms with van der Waals surface area (Å²) in [6, 6.07) is 0. The molecule has 2 amide bonds. The molecule has 3 fully saturated rings. The summed E-state index contributed by atoms with van der Waals surface area (Å²) in [4.78, 5) is 26.5. The minimum Gasteiger partial charge on any atom is -0.381 e. The maximum atomic E-state index is 12.8. The monoisotopic (exact) mass is 280 g/mol. The van der Waals surface area contributed by atoms with E-state index in [0.29, 0.717) is 24.8 Å². The van der Waals surface area contributed by atoms with Gasteiger partial charge in [-0.15, -0.1) is 0 Å². The molecular weight excluding hydrogens is 256 g/mol. The van der Waals surface area contributed by atoms with Crippen molar-refractivity contribution in [3.8, 4) is 0 Å². The summed E-state index contributed by atoms with van der Waals surface area (Å²) < 4.78 is 5.38. The summed E-state index contributed by atoms with van der Waals surface area (Å²) in [7, 11) is 0. The predicted octanol–water partition coefficient (Wildman–Crippen LogP) is 0.930. The van der Waals surface area contributed by atoms with Crippen LogP contribution in [0.2, 0.25) is 0 Å². The van der Waals surface area contributed by atoms with Gasteiger partial charge < -0.3 is 15.0 Å². The van der Waals surface area contributed by atoms with Crippen LogP contribution in [0.4, 0.5) is 0 Å². The van der Waals surface area contributed by atoms with Gasteiger partial charge in [-0.05, 0) is 44.4 Å². The van der Waals surface area contributed by atoms with Gasteiger partial charge >= 0.3 is 0 Å². The number of carbonyl (C=O) groups is 2. The van der Waals surface area contributed by atoms with Gasteiger partial charge in [-0.3, -0.25) is 9.59 Å². The van der Waals surface area contributed by atoms with E-state index in [9.17, 15) is 9.59 Å². The Kier molecular flexibility index (Phi) is 3.71. The highest BCUT2D eigenvalue weighted by Crippen LogP contribution is 2.41. The molecule has 2 atom stereocenters. The molecule has 5 nitrogen and oxygen atoms in total. The van der Waals surface area contributed by atoms with Crippen molar-refractivity contribution in [2.75, 3.05) is 26.3 Å². The molecule has 0 spiro atoms. The summed E-state index contributed by atoms with van der Waals surface area (Å²) in [5.74, 6) is 1.03. The van der Waals surface area contributed by atoms with Crippen molar-refractivity contribution in [3.63, 3.8) is 0 Å². The SMILES string of the molecule is CC1(C2CC2)NC(=O)CCN(CCC2CCOC2)C1=O. The predicted molar refractivity (Wildman–Crippen MR) is 74.0 cm³/mol. The highest BCUT2D eigenvalue weighted by Gasteiger charge is 2.50. The molecule has 2 aliphatic heterocycles. The summed E-state index contributed by atoms with van der Waals surface area (Å²) in [6.07, 6.45) is 4.61. The van der Waals surface area contributed by atoms with Crippen LogP contribution in [-0.4, -0.2) is 48.6 Å². The quantitative estimate of drug-likeness (QED) is 0.833. The average Bonchev–Trinajstić information content (AvgIpc) is 3.17. The second-order valence-corrected chi connectivity index (χ2v) is 6.59. The van der Waals surface area contributed by atoms with Crippen LogP contribution in [0, 0.1) is 11.8 Å². The van der Waals surface area contributed by atoms with Crippen molar-refractivity contribution in [2.24, 2.45) is 11.8 Å². The first kappa shape index (κ1) is 13.9. The lowest BCUT2D eigenvalue weighted by Crippen LogP contribution is -2.56. The minimum absolute atomic E-state index is 0.0134. The molecule has 5 heteroatoms. The molecule has 1 N–H and O–H groups in total. The third-order valence-electron chi connectivity index (χ3n) is 4.96. The molecule has 1 aliphatic carbocycles. The molecule has 2 heterocycles. The normalized spacial score (nSPS) is 35.0. The molecule has 3 aliphatic rings. The first-order valence-corrected chi connectivity index (χ1v) is 7.78. The Morgan fingerprint density at radius 2 is 2.15 bits per heavy atom. The van der Waals surface area contributed by atoms with Crippen molar-refractivity contribution in [1.29, 1.82) is 0 Å². The number of ether oxygens (including phenoxy) is 1. The van der Waals surface area contributed by atoms with E-state index in [1.807, 2.05) is 11.8 Å². The van der Waals surface area contributed by atoms with Crippen LogP contribution in [0.5, 0.6) is 0 Å². The van der Waals surface area contributed by atoms with Gasteiger partial charge in [0.15, 0.2) is 0 Å². The van der Waals surface area contributed by atoms with Gasteiger partial charge in [-0.1, -0.05) is 0 Å². The van der Waals surface area contributed by atoms with Crippen LogP contribution >= 0.6 is 0 Å². The summed E-state index contributed by atoms with van der Waals surface area (Å²) in [5, 5.41) is 2.97. The Hall–Kier alpha value is -1.10. The fraction of sp³-hybridized carbons (Fsp3) is 0.867. The summed E-state index contributed by atoms with van der Waals surface area (Å²) in [6.45, 7) is 4.88. The van der Waals surface area contributed by atoms with Crippen molar-refractivity contribution in [3.05, 3.63) is 0 Å². The Morgan fingerprint density at radius 1 is 1.35 bits per heavy atom. The Bertz CT molecular complexity index is 402. The Balaban J connectivity index is 1.65. The molecular formula is C15H24N2O3. The number of carbonyl (C=O) groups excluding carboxylic acids is 2. The van der Waals surface area contributed by atoms with E-state index >= 15 is 0 Å². The van der Waals surface area contributed by atoms with Crippen molar-refractivity contribution in [1.82, 2.24) is 10.2 Å². The molecule has 0 bridgehead atoms. The van der Waals surface area contributed by atoms with E-state index in [2.05, 4.69) is 5.32 Å². The zero-order chi connectivity index (χ0) is 14.2. The molecule has 0 aromatic rings. The fourth-order valence-corrected chi connectivity index (χ4v) is 3.37. The van der Waals surface area contributed by atoms with Gasteiger partial charge in [0.05, 0.1) is 0 Å². The first-order chi connectivity index (χ1) is 9.59. The first-order valence-electron chi connectivity index (χ1n) is 7.78. The van der Waals surface area contributed by atoms with E-state index in [0.717, 1.165) is 45.4 Å². The van der Waals surface area contributed by atoms with E-state index in [4.69, 9.17) is 4.74 Å². The average molecular weight is 280 g/mol. The van der Waals surface area contributed by atoms with Gasteiger partial charge in [-0.2, -0.15) is 0 Å². The van der Waals surface area contributed by atoms with Crippen LogP contribution in [0.1, 0.15) is 39.0 Å². The van der Waals surface area contributed by atoms with Crippen LogP contribution in [0.3, 0.4) is 0 Å². The number of hydrogen-bond acceptors (Lipinski definition) is 3. The van der Waals surface area contributed by atoms with Gasteiger partial charge in [0.1, 0.15) is 5.54 Å². The number of hydrogen-bond donors (Lipinski definition) is 1. The molecule has 3 rings (SSSR count). The minimum atomic E-state index is -0.667. The molecule has 20 heavy (non-hydrogen) atoms. The molecule has 0 aromatic heterocycles. The highest BCUT2D eigenvalue weighted by molar-refractivity contribution is 5.93. The van der Waals surface area contributed by atoms with Gasteiger partial charge in [-0.25, -0.2) is 0 Å². The molecule has 0 aromatic carbocycles. The Labute approximate surface area is 120 Å². The standard InChI is InChI=1S/C15H24N2O3/c1-15(12-2-3-12)14(19)17(8-5-13(18)16-15)7-4-11-6-9-20-10-11/h11-12H,2-10H2,1H3,(H,16,18). The van der Waals surface area contributed by atoms with E-state index in [1.165, 1.54) is 0 Å². The topological polar surface area (TPSA) is 58.6 Å². The van der Waals surface area contributed by atoms with Crippen LogP contribution in [0.15, 0.2) is 0 Å². The molecule has 2 saturated heterocycles. The highest BCUT2D eigenvalue weighted by atomic mass is 16.5. The van der Waals surface area contributed by atoms with E-state index < -0.39 is 5.54 Å². The van der Waals surface area contributed by atoms with E-state index in [-0.39, 0.29) is 11.8 Å². The summed E-state index contributed by atoms with van der Waals surface area (Å²) >= 11 is 0. The zero-order valence-corrected chi connectivity index (χ0v) is 12.2. The van der Waals surface area contributed by atoms with Crippen LogP contribution in [-0.2, 0) is 14.3 Å². The second kappa shape index (κ2) is 5.35. The van der Waals surface area contributed by atoms with E-state index in [1.54, 1.807) is 0 Å². The third-order valence-corrected chi connectivity index (χ3v) is 4.96. The zero-order valence-electron chi connectivity index (χ0n) is 12.2. The molecule has 2 unspecified atom stereocenters. The molecule has 0 radical (unpaired) electrons.